The molecule has 4 nitrogen and oxygen atoms in total. The van der Waals surface area contributed by atoms with Crippen LogP contribution in [-0.2, 0) is 0 Å². The van der Waals surface area contributed by atoms with Crippen molar-refractivity contribution in [3.63, 3.8) is 0 Å². The van der Waals surface area contributed by atoms with E-state index in [1.807, 2.05) is 6.92 Å². The summed E-state index contributed by atoms with van der Waals surface area (Å²) in [5.41, 5.74) is 0. The number of hydrogen-bond donors (Lipinski definition) is 2. The molecule has 0 aromatic carbocycles. The van der Waals surface area contributed by atoms with Crippen LogP contribution in [0.15, 0.2) is 6.20 Å². The van der Waals surface area contributed by atoms with Crippen LogP contribution in [0.3, 0.4) is 0 Å². The van der Waals surface area contributed by atoms with Crippen molar-refractivity contribution in [2.75, 3.05) is 18.5 Å². The highest BCUT2D eigenvalue weighted by atomic mass is 35.5. The van der Waals surface area contributed by atoms with Gasteiger partial charge in [-0.2, -0.15) is 4.98 Å². The first kappa shape index (κ1) is 13.5. The minimum absolute atomic E-state index is 0.177. The van der Waals surface area contributed by atoms with Crippen molar-refractivity contribution in [2.45, 2.75) is 19.8 Å². The van der Waals surface area contributed by atoms with Crippen molar-refractivity contribution in [1.29, 1.82) is 0 Å². The summed E-state index contributed by atoms with van der Waals surface area (Å²) in [7, 11) is 0. The minimum atomic E-state index is 0.177. The number of anilines is 1. The molecule has 0 radical (unpaired) electrons. The van der Waals surface area contributed by atoms with Crippen LogP contribution >= 0.6 is 23.2 Å². The van der Waals surface area contributed by atoms with Crippen LogP contribution in [0.2, 0.25) is 10.3 Å². The summed E-state index contributed by atoms with van der Waals surface area (Å²) in [6.45, 7) is 2.98. The van der Waals surface area contributed by atoms with Crippen LogP contribution in [0, 0.1) is 5.92 Å². The van der Waals surface area contributed by atoms with E-state index in [9.17, 15) is 0 Å². The number of aromatic nitrogens is 2. The second-order valence-corrected chi connectivity index (χ2v) is 4.44. The molecule has 6 heteroatoms. The maximum atomic E-state index is 8.85. The Morgan fingerprint density at radius 2 is 2.25 bits per heavy atom. The first-order chi connectivity index (χ1) is 7.63. The van der Waals surface area contributed by atoms with E-state index in [1.165, 1.54) is 6.20 Å². The van der Waals surface area contributed by atoms with Gasteiger partial charge in [-0.1, -0.05) is 18.5 Å². The maximum Gasteiger partial charge on any atom is 0.224 e. The molecule has 16 heavy (non-hydrogen) atoms. The molecule has 0 spiro atoms. The summed E-state index contributed by atoms with van der Waals surface area (Å²) >= 11 is 11.5. The van der Waals surface area contributed by atoms with Crippen molar-refractivity contribution in [2.24, 2.45) is 5.92 Å². The van der Waals surface area contributed by atoms with Gasteiger partial charge in [0.1, 0.15) is 10.8 Å². The van der Waals surface area contributed by atoms with E-state index >= 15 is 0 Å². The Hall–Kier alpha value is -0.580. The first-order valence-electron chi connectivity index (χ1n) is 5.16. The van der Waals surface area contributed by atoms with Crippen molar-refractivity contribution >= 4 is 29.0 Å². The summed E-state index contributed by atoms with van der Waals surface area (Å²) in [5.74, 6) is 0.879. The van der Waals surface area contributed by atoms with Crippen LogP contribution in [0.1, 0.15) is 19.8 Å². The van der Waals surface area contributed by atoms with Crippen molar-refractivity contribution < 1.29 is 5.11 Å². The maximum absolute atomic E-state index is 8.85. The van der Waals surface area contributed by atoms with Gasteiger partial charge >= 0.3 is 0 Å². The quantitative estimate of drug-likeness (QED) is 0.612. The summed E-state index contributed by atoms with van der Waals surface area (Å²) in [6, 6.07) is 0. The third-order valence-corrected chi connectivity index (χ3v) is 2.65. The monoisotopic (exact) mass is 263 g/mol. The van der Waals surface area contributed by atoms with Crippen LogP contribution in [0.4, 0.5) is 5.82 Å². The summed E-state index contributed by atoms with van der Waals surface area (Å²) in [4.78, 5) is 7.73. The molecule has 0 fully saturated rings. The Balaban J connectivity index is 2.34. The average molecular weight is 264 g/mol. The second-order valence-electron chi connectivity index (χ2n) is 3.69. The Bertz CT molecular complexity index is 336. The van der Waals surface area contributed by atoms with Gasteiger partial charge < -0.3 is 10.4 Å². The third kappa shape index (κ3) is 4.51. The van der Waals surface area contributed by atoms with Crippen LogP contribution in [0.25, 0.3) is 0 Å². The van der Waals surface area contributed by atoms with E-state index < -0.39 is 0 Å². The molecule has 0 aliphatic carbocycles. The zero-order valence-electron chi connectivity index (χ0n) is 9.08. The predicted octanol–water partition coefficient (Wildman–Crippen LogP) is 2.60. The molecule has 0 aliphatic heterocycles. The molecule has 0 amide bonds. The molecule has 2 N–H and O–H groups in total. The molecule has 1 aromatic heterocycles. The Morgan fingerprint density at radius 3 is 2.94 bits per heavy atom. The molecular weight excluding hydrogens is 249 g/mol. The van der Waals surface area contributed by atoms with E-state index in [1.54, 1.807) is 0 Å². The van der Waals surface area contributed by atoms with Gasteiger partial charge in [0.05, 0.1) is 6.20 Å². The number of nitrogens with zero attached hydrogens (tertiary/aromatic N) is 2. The number of halogens is 2. The molecule has 0 aliphatic rings. The molecule has 90 valence electrons. The van der Waals surface area contributed by atoms with Gasteiger partial charge in [-0.15, -0.1) is 0 Å². The lowest BCUT2D eigenvalue weighted by molar-refractivity contribution is 0.229. The van der Waals surface area contributed by atoms with Gasteiger partial charge in [-0.05, 0) is 30.4 Å². The molecule has 0 saturated carbocycles. The topological polar surface area (TPSA) is 58.0 Å². The van der Waals surface area contributed by atoms with Crippen LogP contribution in [0.5, 0.6) is 0 Å². The lowest BCUT2D eigenvalue weighted by atomic mass is 10.1. The number of aliphatic hydroxyl groups excluding tert-OH is 1. The van der Waals surface area contributed by atoms with Crippen molar-refractivity contribution in [3.8, 4) is 0 Å². The van der Waals surface area contributed by atoms with E-state index in [0.29, 0.717) is 16.8 Å². The summed E-state index contributed by atoms with van der Waals surface area (Å²) in [6.07, 6.45) is 3.37. The van der Waals surface area contributed by atoms with Crippen LogP contribution < -0.4 is 5.32 Å². The molecule has 1 unspecified atom stereocenters. The standard InChI is InChI=1S/C10H15Cl2N3O/c1-7(6-16)3-2-4-13-9-8(11)5-14-10(12)15-9/h5,7,16H,2-4,6H2,1H3,(H,13,14,15). The minimum Gasteiger partial charge on any atom is -0.396 e. The van der Waals surface area contributed by atoms with Gasteiger partial charge in [0.15, 0.2) is 0 Å². The first-order valence-corrected chi connectivity index (χ1v) is 5.92. The fourth-order valence-electron chi connectivity index (χ4n) is 1.22. The SMILES string of the molecule is CC(CO)CCCNc1nc(Cl)ncc1Cl. The molecular formula is C10H15Cl2N3O. The molecule has 1 aromatic rings. The summed E-state index contributed by atoms with van der Waals surface area (Å²) < 4.78 is 0. The highest BCUT2D eigenvalue weighted by molar-refractivity contribution is 6.33. The highest BCUT2D eigenvalue weighted by Gasteiger charge is 2.04. The van der Waals surface area contributed by atoms with Crippen LogP contribution in [-0.4, -0.2) is 28.2 Å². The fourth-order valence-corrected chi connectivity index (χ4v) is 1.51. The zero-order valence-corrected chi connectivity index (χ0v) is 10.6. The fraction of sp³-hybridized carbons (Fsp3) is 0.600. The highest BCUT2D eigenvalue weighted by Crippen LogP contribution is 2.19. The van der Waals surface area contributed by atoms with Gasteiger partial charge in [0.25, 0.3) is 0 Å². The molecule has 1 heterocycles. The molecule has 1 atom stereocenters. The molecule has 0 bridgehead atoms. The smallest absolute Gasteiger partial charge is 0.224 e. The lowest BCUT2D eigenvalue weighted by Gasteiger charge is -2.09. The molecule has 0 saturated heterocycles. The Labute approximate surface area is 105 Å². The van der Waals surface area contributed by atoms with Crippen molar-refractivity contribution in [1.82, 2.24) is 9.97 Å². The zero-order chi connectivity index (χ0) is 12.0. The Kier molecular flexibility index (Phi) is 5.80. The van der Waals surface area contributed by atoms with E-state index in [0.717, 1.165) is 19.4 Å². The molecule has 1 rings (SSSR count). The second kappa shape index (κ2) is 6.89. The van der Waals surface area contributed by atoms with Gasteiger partial charge in [-0.25, -0.2) is 4.98 Å². The number of aliphatic hydroxyl groups is 1. The van der Waals surface area contributed by atoms with Gasteiger partial charge in [-0.3, -0.25) is 0 Å². The van der Waals surface area contributed by atoms with E-state index in [-0.39, 0.29) is 11.9 Å². The number of hydrogen-bond acceptors (Lipinski definition) is 4. The predicted molar refractivity (Wildman–Crippen MR) is 66.0 cm³/mol. The summed E-state index contributed by atoms with van der Waals surface area (Å²) in [5, 5.41) is 12.6. The average Bonchev–Trinajstić information content (AvgIpc) is 2.28. The van der Waals surface area contributed by atoms with E-state index in [4.69, 9.17) is 28.3 Å². The number of rotatable bonds is 6. The third-order valence-electron chi connectivity index (χ3n) is 2.19. The lowest BCUT2D eigenvalue weighted by Crippen LogP contribution is -2.08. The van der Waals surface area contributed by atoms with Gasteiger partial charge in [0, 0.05) is 13.2 Å². The normalized spacial score (nSPS) is 12.5. The van der Waals surface area contributed by atoms with Gasteiger partial charge in [0.2, 0.25) is 5.28 Å². The van der Waals surface area contributed by atoms with Crippen molar-refractivity contribution in [3.05, 3.63) is 16.5 Å². The largest absolute Gasteiger partial charge is 0.396 e. The number of nitrogens with one attached hydrogen (secondary N) is 1. The Morgan fingerprint density at radius 1 is 1.50 bits per heavy atom. The van der Waals surface area contributed by atoms with E-state index in [2.05, 4.69) is 15.3 Å².